The molecule has 0 saturated heterocycles. The van der Waals surface area contributed by atoms with Crippen LogP contribution in [-0.4, -0.2) is 9.55 Å². The predicted molar refractivity (Wildman–Crippen MR) is 110 cm³/mol. The smallest absolute Gasteiger partial charge is 0.151 e. The summed E-state index contributed by atoms with van der Waals surface area (Å²) in [6.07, 6.45) is 1.80. The fourth-order valence-corrected chi connectivity index (χ4v) is 3.30. The molecule has 5 heteroatoms. The number of imidazole rings is 1. The number of rotatable bonds is 4. The number of ether oxygens (including phenoxy) is 1. The van der Waals surface area contributed by atoms with Crippen LogP contribution in [0.15, 0.2) is 79.1 Å². The number of nitrogens with zero attached hydrogens (tertiary/aromatic N) is 2. The van der Waals surface area contributed by atoms with E-state index in [9.17, 15) is 0 Å². The lowest BCUT2D eigenvalue weighted by Crippen LogP contribution is -1.99. The van der Waals surface area contributed by atoms with Gasteiger partial charge in [0.1, 0.15) is 12.1 Å². The summed E-state index contributed by atoms with van der Waals surface area (Å²) in [4.78, 5) is 4.51. The molecular formula is C22H16Cl2N2O. The Kier molecular flexibility index (Phi) is 4.88. The van der Waals surface area contributed by atoms with Crippen molar-refractivity contribution in [3.05, 3.63) is 94.9 Å². The molecule has 0 aliphatic heterocycles. The van der Waals surface area contributed by atoms with Gasteiger partial charge in [0.2, 0.25) is 0 Å². The van der Waals surface area contributed by atoms with E-state index in [-0.39, 0.29) is 0 Å². The minimum Gasteiger partial charge on any atom is -0.454 e. The van der Waals surface area contributed by atoms with E-state index < -0.39 is 0 Å². The van der Waals surface area contributed by atoms with E-state index in [4.69, 9.17) is 27.9 Å². The van der Waals surface area contributed by atoms with Crippen molar-refractivity contribution in [2.75, 3.05) is 0 Å². The largest absolute Gasteiger partial charge is 0.454 e. The first-order chi connectivity index (χ1) is 13.1. The first kappa shape index (κ1) is 17.7. The van der Waals surface area contributed by atoms with Crippen molar-refractivity contribution in [1.82, 2.24) is 9.55 Å². The minimum atomic E-state index is 0.499. The standard InChI is InChI=1S/C22H16Cl2N2O/c1-15-22(16-7-3-2-4-8-16)26(14-25-15)19-9-5-6-10-20(19)27-21-13-17(23)11-12-18(21)24/h2-14H,1H3. The van der Waals surface area contributed by atoms with Crippen LogP contribution in [0.4, 0.5) is 0 Å². The van der Waals surface area contributed by atoms with Gasteiger partial charge in [0.05, 0.1) is 22.1 Å². The van der Waals surface area contributed by atoms with E-state index in [1.807, 2.05) is 54.0 Å². The van der Waals surface area contributed by atoms with Crippen molar-refractivity contribution in [2.24, 2.45) is 0 Å². The molecular weight excluding hydrogens is 379 g/mol. The van der Waals surface area contributed by atoms with Gasteiger partial charge >= 0.3 is 0 Å². The van der Waals surface area contributed by atoms with Gasteiger partial charge in [-0.15, -0.1) is 0 Å². The van der Waals surface area contributed by atoms with Crippen LogP contribution >= 0.6 is 23.2 Å². The van der Waals surface area contributed by atoms with Crippen LogP contribution in [0.25, 0.3) is 16.9 Å². The van der Waals surface area contributed by atoms with E-state index >= 15 is 0 Å². The number of halogens is 2. The summed E-state index contributed by atoms with van der Waals surface area (Å²) in [7, 11) is 0. The van der Waals surface area contributed by atoms with Crippen molar-refractivity contribution in [3.63, 3.8) is 0 Å². The lowest BCUT2D eigenvalue weighted by molar-refractivity contribution is 0.480. The molecule has 27 heavy (non-hydrogen) atoms. The molecule has 0 bridgehead atoms. The lowest BCUT2D eigenvalue weighted by Gasteiger charge is -2.15. The molecule has 0 amide bonds. The van der Waals surface area contributed by atoms with E-state index in [1.165, 1.54) is 0 Å². The van der Waals surface area contributed by atoms with E-state index in [2.05, 4.69) is 17.1 Å². The van der Waals surface area contributed by atoms with Gasteiger partial charge in [-0.2, -0.15) is 0 Å². The zero-order chi connectivity index (χ0) is 18.8. The average molecular weight is 395 g/mol. The summed E-state index contributed by atoms with van der Waals surface area (Å²) in [5.74, 6) is 1.17. The Hall–Kier alpha value is -2.75. The van der Waals surface area contributed by atoms with Crippen molar-refractivity contribution in [1.29, 1.82) is 0 Å². The van der Waals surface area contributed by atoms with E-state index in [0.717, 1.165) is 22.6 Å². The first-order valence-electron chi connectivity index (χ1n) is 8.45. The normalized spacial score (nSPS) is 10.8. The Morgan fingerprint density at radius 1 is 0.852 bits per heavy atom. The molecule has 3 nitrogen and oxygen atoms in total. The summed E-state index contributed by atoms with van der Waals surface area (Å²) >= 11 is 12.4. The number of hydrogen-bond donors (Lipinski definition) is 0. The molecule has 0 fully saturated rings. The van der Waals surface area contributed by atoms with Crippen LogP contribution in [0.5, 0.6) is 11.5 Å². The minimum absolute atomic E-state index is 0.499. The molecule has 0 radical (unpaired) electrons. The number of hydrogen-bond acceptors (Lipinski definition) is 2. The second-order valence-corrected chi connectivity index (χ2v) is 6.90. The van der Waals surface area contributed by atoms with Gasteiger partial charge < -0.3 is 4.74 Å². The lowest BCUT2D eigenvalue weighted by atomic mass is 10.1. The molecule has 3 aromatic carbocycles. The van der Waals surface area contributed by atoms with Gasteiger partial charge in [-0.3, -0.25) is 4.57 Å². The van der Waals surface area contributed by atoms with Crippen LogP contribution in [0.1, 0.15) is 5.69 Å². The SMILES string of the molecule is Cc1ncn(-c2ccccc2Oc2cc(Cl)ccc2Cl)c1-c1ccccc1. The summed E-state index contributed by atoms with van der Waals surface area (Å²) in [5.41, 5.74) is 3.91. The van der Waals surface area contributed by atoms with Gasteiger partial charge in [0.15, 0.2) is 5.75 Å². The van der Waals surface area contributed by atoms with Crippen molar-refractivity contribution in [3.8, 4) is 28.4 Å². The van der Waals surface area contributed by atoms with Crippen LogP contribution in [0.2, 0.25) is 10.0 Å². The Balaban J connectivity index is 1.82. The molecule has 4 rings (SSSR count). The van der Waals surface area contributed by atoms with Gasteiger partial charge in [0.25, 0.3) is 0 Å². The molecule has 0 aliphatic carbocycles. The third-order valence-corrected chi connectivity index (χ3v) is 4.78. The van der Waals surface area contributed by atoms with Gasteiger partial charge in [-0.05, 0) is 31.2 Å². The number of para-hydroxylation sites is 2. The molecule has 0 spiro atoms. The highest BCUT2D eigenvalue weighted by Crippen LogP contribution is 2.36. The Bertz CT molecular complexity index is 1090. The van der Waals surface area contributed by atoms with Crippen LogP contribution in [0.3, 0.4) is 0 Å². The third-order valence-electron chi connectivity index (χ3n) is 4.24. The van der Waals surface area contributed by atoms with Crippen molar-refractivity contribution in [2.45, 2.75) is 6.92 Å². The molecule has 1 aromatic heterocycles. The first-order valence-corrected chi connectivity index (χ1v) is 9.21. The molecule has 0 N–H and O–H groups in total. The molecule has 0 saturated carbocycles. The molecule has 0 aliphatic rings. The second-order valence-electron chi connectivity index (χ2n) is 6.06. The highest BCUT2D eigenvalue weighted by Gasteiger charge is 2.15. The predicted octanol–water partition coefficient (Wildman–Crippen LogP) is 6.95. The van der Waals surface area contributed by atoms with Crippen LogP contribution < -0.4 is 4.74 Å². The maximum absolute atomic E-state index is 6.27. The van der Waals surface area contributed by atoms with E-state index in [0.29, 0.717) is 21.5 Å². The summed E-state index contributed by atoms with van der Waals surface area (Å²) in [6, 6.07) is 23.1. The third kappa shape index (κ3) is 3.57. The average Bonchev–Trinajstić information content (AvgIpc) is 3.07. The molecule has 0 unspecified atom stereocenters. The summed E-state index contributed by atoms with van der Waals surface area (Å²) in [6.45, 7) is 2.00. The zero-order valence-corrected chi connectivity index (χ0v) is 16.1. The fourth-order valence-electron chi connectivity index (χ4n) is 2.98. The van der Waals surface area contributed by atoms with Gasteiger partial charge in [-0.25, -0.2) is 4.98 Å². The highest BCUT2D eigenvalue weighted by molar-refractivity contribution is 6.34. The van der Waals surface area contributed by atoms with Crippen LogP contribution in [-0.2, 0) is 0 Å². The number of aromatic nitrogens is 2. The Morgan fingerprint density at radius 3 is 2.41 bits per heavy atom. The monoisotopic (exact) mass is 394 g/mol. The maximum atomic E-state index is 6.27. The second kappa shape index (κ2) is 7.47. The van der Waals surface area contributed by atoms with Crippen molar-refractivity contribution < 1.29 is 4.74 Å². The summed E-state index contributed by atoms with van der Waals surface area (Å²) < 4.78 is 8.14. The number of benzene rings is 3. The molecule has 134 valence electrons. The Labute approximate surface area is 167 Å². The van der Waals surface area contributed by atoms with Crippen molar-refractivity contribution >= 4 is 23.2 Å². The highest BCUT2D eigenvalue weighted by atomic mass is 35.5. The molecule has 4 aromatic rings. The maximum Gasteiger partial charge on any atom is 0.151 e. The fraction of sp³-hybridized carbons (Fsp3) is 0.0455. The molecule has 0 atom stereocenters. The Morgan fingerprint density at radius 2 is 1.59 bits per heavy atom. The molecule has 1 heterocycles. The van der Waals surface area contributed by atoms with Gasteiger partial charge in [0, 0.05) is 16.7 Å². The quantitative estimate of drug-likeness (QED) is 0.374. The van der Waals surface area contributed by atoms with Crippen LogP contribution in [0, 0.1) is 6.92 Å². The van der Waals surface area contributed by atoms with E-state index in [1.54, 1.807) is 24.5 Å². The van der Waals surface area contributed by atoms with Gasteiger partial charge in [-0.1, -0.05) is 65.7 Å². The topological polar surface area (TPSA) is 27.1 Å². The zero-order valence-electron chi connectivity index (χ0n) is 14.6. The summed E-state index contributed by atoms with van der Waals surface area (Å²) in [5, 5.41) is 1.06. The number of aryl methyl sites for hydroxylation is 1.